The van der Waals surface area contributed by atoms with Gasteiger partial charge < -0.3 is 14.8 Å². The molecule has 1 aromatic heterocycles. The second kappa shape index (κ2) is 10.6. The van der Waals surface area contributed by atoms with Gasteiger partial charge in [-0.15, -0.1) is 11.3 Å². The lowest BCUT2D eigenvalue weighted by atomic mass is 10.1. The van der Waals surface area contributed by atoms with Crippen molar-refractivity contribution in [3.8, 4) is 11.5 Å². The fourth-order valence-electron chi connectivity index (χ4n) is 2.37. The van der Waals surface area contributed by atoms with E-state index in [4.69, 9.17) is 21.7 Å². The summed E-state index contributed by atoms with van der Waals surface area (Å²) in [4.78, 5) is 25.5. The largest absolute Gasteiger partial charge is 0.496 e. The van der Waals surface area contributed by atoms with Gasteiger partial charge in [0.25, 0.3) is 0 Å². The predicted molar refractivity (Wildman–Crippen MR) is 112 cm³/mol. The maximum atomic E-state index is 12.2. The number of carbonyl (C=O) groups is 2. The van der Waals surface area contributed by atoms with Crippen LogP contribution in [0.3, 0.4) is 0 Å². The molecule has 0 spiro atoms. The van der Waals surface area contributed by atoms with E-state index in [0.29, 0.717) is 28.3 Å². The third kappa shape index (κ3) is 6.62. The van der Waals surface area contributed by atoms with Crippen molar-refractivity contribution in [1.82, 2.24) is 5.32 Å². The smallest absolute Gasteiger partial charge is 0.225 e. The third-order valence-corrected chi connectivity index (χ3v) is 4.84. The summed E-state index contributed by atoms with van der Waals surface area (Å²) in [6.45, 7) is 0.205. The molecule has 142 valence electrons. The molecule has 1 N–H and O–H groups in total. The molecule has 0 aliphatic heterocycles. The van der Waals surface area contributed by atoms with Crippen LogP contribution in [0.15, 0.2) is 41.8 Å². The van der Waals surface area contributed by atoms with Gasteiger partial charge in [0.1, 0.15) is 11.5 Å². The highest BCUT2D eigenvalue weighted by Crippen LogP contribution is 2.29. The molecule has 1 amide bonds. The van der Waals surface area contributed by atoms with Crippen LogP contribution < -0.4 is 14.8 Å². The number of carbonyl (C=O) groups excluding carboxylic acids is 2. The summed E-state index contributed by atoms with van der Waals surface area (Å²) in [7, 11) is 3.11. The molecular formula is C20H21NO4S2. The summed E-state index contributed by atoms with van der Waals surface area (Å²) in [5.74, 6) is 0.964. The molecule has 0 saturated heterocycles. The van der Waals surface area contributed by atoms with Crippen molar-refractivity contribution in [2.45, 2.75) is 12.8 Å². The molecule has 7 heteroatoms. The van der Waals surface area contributed by atoms with Crippen LogP contribution in [0.5, 0.6) is 11.5 Å². The number of benzene rings is 1. The Hall–Kier alpha value is -2.51. The maximum absolute atomic E-state index is 12.2. The van der Waals surface area contributed by atoms with Crippen LogP contribution in [0.25, 0.3) is 6.08 Å². The average molecular weight is 404 g/mol. The number of allylic oxidation sites excluding steroid dienone is 1. The minimum Gasteiger partial charge on any atom is -0.496 e. The summed E-state index contributed by atoms with van der Waals surface area (Å²) in [5, 5.41) is 4.67. The zero-order chi connectivity index (χ0) is 19.6. The summed E-state index contributed by atoms with van der Waals surface area (Å²) in [5.41, 5.74) is 0.686. The van der Waals surface area contributed by atoms with Crippen molar-refractivity contribution in [2.24, 2.45) is 0 Å². The Balaban J connectivity index is 1.85. The SMILES string of the molecule is COc1cccc(OC)c1/C=C/C(=O)CC(=S)CNC(=O)Cc1cccs1. The molecule has 5 nitrogen and oxygen atoms in total. The van der Waals surface area contributed by atoms with E-state index in [1.807, 2.05) is 23.6 Å². The second-order valence-electron chi connectivity index (χ2n) is 5.62. The molecule has 0 atom stereocenters. The van der Waals surface area contributed by atoms with Crippen molar-refractivity contribution in [3.63, 3.8) is 0 Å². The molecular weight excluding hydrogens is 382 g/mol. The minimum atomic E-state index is -0.152. The Kier molecular flexibility index (Phi) is 8.16. The molecule has 2 aromatic rings. The zero-order valence-electron chi connectivity index (χ0n) is 15.2. The van der Waals surface area contributed by atoms with E-state index < -0.39 is 0 Å². The molecule has 0 aliphatic rings. The van der Waals surface area contributed by atoms with Gasteiger partial charge in [-0.05, 0) is 35.7 Å². The van der Waals surface area contributed by atoms with Gasteiger partial charge in [-0.25, -0.2) is 0 Å². The van der Waals surface area contributed by atoms with Crippen molar-refractivity contribution in [1.29, 1.82) is 0 Å². The molecule has 0 aliphatic carbocycles. The van der Waals surface area contributed by atoms with E-state index in [1.165, 1.54) is 17.4 Å². The highest BCUT2D eigenvalue weighted by Gasteiger charge is 2.09. The lowest BCUT2D eigenvalue weighted by Crippen LogP contribution is -2.30. The average Bonchev–Trinajstić information content (AvgIpc) is 3.17. The normalized spacial score (nSPS) is 10.6. The van der Waals surface area contributed by atoms with Crippen molar-refractivity contribution in [3.05, 3.63) is 52.2 Å². The zero-order valence-corrected chi connectivity index (χ0v) is 16.8. The molecule has 0 saturated carbocycles. The van der Waals surface area contributed by atoms with Gasteiger partial charge in [-0.1, -0.05) is 24.4 Å². The maximum Gasteiger partial charge on any atom is 0.225 e. The first-order chi connectivity index (χ1) is 13.0. The fourth-order valence-corrected chi connectivity index (χ4v) is 3.29. The number of hydrogen-bond donors (Lipinski definition) is 1. The van der Waals surface area contributed by atoms with Crippen molar-refractivity contribution in [2.75, 3.05) is 20.8 Å². The van der Waals surface area contributed by atoms with E-state index >= 15 is 0 Å². The topological polar surface area (TPSA) is 64.6 Å². The van der Waals surface area contributed by atoms with Crippen molar-refractivity contribution >= 4 is 46.2 Å². The summed E-state index contributed by atoms with van der Waals surface area (Å²) < 4.78 is 10.6. The summed E-state index contributed by atoms with van der Waals surface area (Å²) in [6, 6.07) is 9.20. The van der Waals surface area contributed by atoms with E-state index in [1.54, 1.807) is 32.4 Å². The Morgan fingerprint density at radius 3 is 2.44 bits per heavy atom. The van der Waals surface area contributed by atoms with E-state index in [-0.39, 0.29) is 24.7 Å². The van der Waals surface area contributed by atoms with Gasteiger partial charge >= 0.3 is 0 Å². The first-order valence-corrected chi connectivity index (χ1v) is 9.55. The molecule has 1 heterocycles. The van der Waals surface area contributed by atoms with E-state index in [0.717, 1.165) is 4.88 Å². The standard InChI is InChI=1S/C20H21NO4S2/c1-24-18-6-3-7-19(25-2)17(18)9-8-14(22)11-15(26)13-21-20(23)12-16-5-4-10-27-16/h3-10H,11-13H2,1-2H3,(H,21,23)/b9-8+. The van der Waals surface area contributed by atoms with Crippen LogP contribution in [0.1, 0.15) is 16.9 Å². The van der Waals surface area contributed by atoms with Crippen LogP contribution in [0.2, 0.25) is 0 Å². The number of hydrogen-bond acceptors (Lipinski definition) is 6. The highest BCUT2D eigenvalue weighted by molar-refractivity contribution is 7.80. The number of rotatable bonds is 10. The van der Waals surface area contributed by atoms with Crippen LogP contribution in [-0.4, -0.2) is 37.3 Å². The number of ether oxygens (including phenoxy) is 2. The number of thiophene rings is 1. The van der Waals surface area contributed by atoms with Crippen LogP contribution in [0.4, 0.5) is 0 Å². The number of thiocarbonyl (C=S) groups is 1. The lowest BCUT2D eigenvalue weighted by Gasteiger charge is -2.09. The predicted octanol–water partition coefficient (Wildman–Crippen LogP) is 3.47. The molecule has 0 fully saturated rings. The monoisotopic (exact) mass is 403 g/mol. The van der Waals surface area contributed by atoms with Crippen LogP contribution >= 0.6 is 23.6 Å². The Morgan fingerprint density at radius 2 is 1.85 bits per heavy atom. The summed E-state index contributed by atoms with van der Waals surface area (Å²) in [6.07, 6.45) is 3.50. The molecule has 0 bridgehead atoms. The van der Waals surface area contributed by atoms with Gasteiger partial charge in [0, 0.05) is 22.7 Å². The van der Waals surface area contributed by atoms with Crippen LogP contribution in [0, 0.1) is 0 Å². The number of ketones is 1. The van der Waals surface area contributed by atoms with Gasteiger partial charge in [0.05, 0.1) is 26.2 Å². The summed E-state index contributed by atoms with van der Waals surface area (Å²) >= 11 is 6.74. The van der Waals surface area contributed by atoms with Gasteiger partial charge in [0.2, 0.25) is 5.91 Å². The number of amides is 1. The first-order valence-electron chi connectivity index (χ1n) is 8.26. The molecule has 0 unspecified atom stereocenters. The van der Waals surface area contributed by atoms with E-state index in [9.17, 15) is 9.59 Å². The first kappa shape index (κ1) is 20.8. The Morgan fingerprint density at radius 1 is 1.15 bits per heavy atom. The van der Waals surface area contributed by atoms with Gasteiger partial charge in [-0.2, -0.15) is 0 Å². The quantitative estimate of drug-likeness (QED) is 0.486. The Bertz CT molecular complexity index is 806. The lowest BCUT2D eigenvalue weighted by molar-refractivity contribution is -0.120. The molecule has 2 rings (SSSR count). The fraction of sp³-hybridized carbons (Fsp3) is 0.250. The van der Waals surface area contributed by atoms with Gasteiger partial charge in [0.15, 0.2) is 5.78 Å². The molecule has 1 aromatic carbocycles. The molecule has 27 heavy (non-hydrogen) atoms. The van der Waals surface area contributed by atoms with Crippen molar-refractivity contribution < 1.29 is 19.1 Å². The highest BCUT2D eigenvalue weighted by atomic mass is 32.1. The van der Waals surface area contributed by atoms with Gasteiger partial charge in [-0.3, -0.25) is 9.59 Å². The van der Waals surface area contributed by atoms with E-state index in [2.05, 4.69) is 5.32 Å². The third-order valence-electron chi connectivity index (χ3n) is 3.67. The second-order valence-corrected chi connectivity index (χ2v) is 7.23. The minimum absolute atomic E-state index is 0.0859. The molecule has 0 radical (unpaired) electrons. The number of methoxy groups -OCH3 is 2. The Labute approximate surface area is 168 Å². The van der Waals surface area contributed by atoms with Crippen LogP contribution in [-0.2, 0) is 16.0 Å². The number of nitrogens with one attached hydrogen (secondary N) is 1.